The molecule has 0 aromatic carbocycles. The third-order valence-electron chi connectivity index (χ3n) is 4.94. The van der Waals surface area contributed by atoms with E-state index in [4.69, 9.17) is 21.1 Å². The number of ketones is 1. The molecule has 0 unspecified atom stereocenters. The Morgan fingerprint density at radius 2 is 1.93 bits per heavy atom. The van der Waals surface area contributed by atoms with Gasteiger partial charge in [0.1, 0.15) is 11.9 Å². The predicted octanol–water partition coefficient (Wildman–Crippen LogP) is 1.20. The molecule has 2 fully saturated rings. The first-order chi connectivity index (χ1) is 13.4. The number of rotatable bonds is 8. The highest BCUT2D eigenvalue weighted by atomic mass is 35.5. The van der Waals surface area contributed by atoms with E-state index in [1.165, 1.54) is 10.5 Å². The van der Waals surface area contributed by atoms with Crippen LogP contribution in [0.3, 0.4) is 0 Å². The summed E-state index contributed by atoms with van der Waals surface area (Å²) in [6, 6.07) is 3.39. The highest BCUT2D eigenvalue weighted by Crippen LogP contribution is 2.20. The molecule has 1 aromatic rings. The molecule has 3 rings (SSSR count). The lowest BCUT2D eigenvalue weighted by molar-refractivity contribution is -0.117. The van der Waals surface area contributed by atoms with E-state index in [1.54, 1.807) is 12.1 Å². The van der Waals surface area contributed by atoms with Crippen molar-refractivity contribution in [3.8, 4) is 5.88 Å². The Morgan fingerprint density at radius 1 is 1.21 bits per heavy atom. The van der Waals surface area contributed by atoms with Gasteiger partial charge in [-0.2, -0.15) is 0 Å². The summed E-state index contributed by atoms with van der Waals surface area (Å²) in [5.74, 6) is -0.194. The lowest BCUT2D eigenvalue weighted by Gasteiger charge is -2.31. The van der Waals surface area contributed by atoms with Gasteiger partial charge in [0.25, 0.3) is 0 Å². The van der Waals surface area contributed by atoms with E-state index in [1.807, 2.05) is 0 Å². The second-order valence-corrected chi connectivity index (χ2v) is 9.44. The largest absolute Gasteiger partial charge is 0.474 e. The molecule has 3 heterocycles. The summed E-state index contributed by atoms with van der Waals surface area (Å²) in [6.45, 7) is 4.17. The molecule has 0 radical (unpaired) electrons. The molecule has 156 valence electrons. The van der Waals surface area contributed by atoms with Crippen molar-refractivity contribution in [2.45, 2.75) is 25.4 Å². The number of halogens is 1. The zero-order valence-corrected chi connectivity index (χ0v) is 17.3. The first kappa shape index (κ1) is 21.4. The van der Waals surface area contributed by atoms with Gasteiger partial charge in [0.2, 0.25) is 15.9 Å². The lowest BCUT2D eigenvalue weighted by atomic mass is 10.1. The van der Waals surface area contributed by atoms with E-state index < -0.39 is 15.8 Å². The van der Waals surface area contributed by atoms with Gasteiger partial charge in [-0.15, -0.1) is 0 Å². The normalized spacial score (nSPS) is 20.2. The van der Waals surface area contributed by atoms with Crippen molar-refractivity contribution in [1.29, 1.82) is 0 Å². The quantitative estimate of drug-likeness (QED) is 0.611. The van der Waals surface area contributed by atoms with E-state index >= 15 is 0 Å². The molecular formula is C18H26ClN3O5S. The Hall–Kier alpha value is -1.26. The van der Waals surface area contributed by atoms with Gasteiger partial charge in [-0.25, -0.2) is 17.7 Å². The topological polar surface area (TPSA) is 89.0 Å². The van der Waals surface area contributed by atoms with Gasteiger partial charge in [-0.05, 0) is 18.9 Å². The van der Waals surface area contributed by atoms with Crippen molar-refractivity contribution in [2.75, 3.05) is 51.7 Å². The number of carbonyl (C=O) groups excluding carboxylic acids is 1. The van der Waals surface area contributed by atoms with Crippen LogP contribution in [-0.4, -0.2) is 86.2 Å². The van der Waals surface area contributed by atoms with Crippen LogP contribution in [0.15, 0.2) is 18.3 Å². The molecule has 2 saturated heterocycles. The maximum Gasteiger partial charge on any atom is 0.221 e. The van der Waals surface area contributed by atoms with Crippen molar-refractivity contribution >= 4 is 27.4 Å². The summed E-state index contributed by atoms with van der Waals surface area (Å²) in [5, 5.41) is 0.534. The lowest BCUT2D eigenvalue weighted by Crippen LogP contribution is -2.44. The van der Waals surface area contributed by atoms with Crippen LogP contribution in [0.2, 0.25) is 5.02 Å². The van der Waals surface area contributed by atoms with Crippen LogP contribution in [0.25, 0.3) is 0 Å². The molecule has 0 saturated carbocycles. The molecule has 2 aliphatic rings. The molecule has 0 spiro atoms. The van der Waals surface area contributed by atoms with E-state index in [2.05, 4.69) is 9.88 Å². The SMILES string of the molecule is O=C(CCN1CCOCC1)CS(=O)(=O)N1CCC(Oc2ccc(Cl)cn2)CC1. The minimum Gasteiger partial charge on any atom is -0.474 e. The highest BCUT2D eigenvalue weighted by Gasteiger charge is 2.30. The Balaban J connectivity index is 1.41. The summed E-state index contributed by atoms with van der Waals surface area (Å²) in [7, 11) is -3.59. The van der Waals surface area contributed by atoms with Crippen molar-refractivity contribution in [3.05, 3.63) is 23.4 Å². The first-order valence-corrected chi connectivity index (χ1v) is 11.5. The highest BCUT2D eigenvalue weighted by molar-refractivity contribution is 7.89. The van der Waals surface area contributed by atoms with Crippen molar-refractivity contribution in [3.63, 3.8) is 0 Å². The smallest absolute Gasteiger partial charge is 0.221 e. The number of pyridine rings is 1. The molecule has 0 N–H and O–H groups in total. The maximum absolute atomic E-state index is 12.6. The molecule has 0 amide bonds. The number of aromatic nitrogens is 1. The molecular weight excluding hydrogens is 406 g/mol. The van der Waals surface area contributed by atoms with Crippen molar-refractivity contribution < 1.29 is 22.7 Å². The molecule has 2 aliphatic heterocycles. The van der Waals surface area contributed by atoms with Crippen LogP contribution in [0.4, 0.5) is 0 Å². The first-order valence-electron chi connectivity index (χ1n) is 9.50. The number of Topliss-reactive ketones (excluding diaryl/α,β-unsaturated/α-hetero) is 1. The van der Waals surface area contributed by atoms with Gasteiger partial charge >= 0.3 is 0 Å². The van der Waals surface area contributed by atoms with Crippen LogP contribution in [0.1, 0.15) is 19.3 Å². The molecule has 0 bridgehead atoms. The summed E-state index contributed by atoms with van der Waals surface area (Å²) >= 11 is 5.80. The number of ether oxygens (including phenoxy) is 2. The number of sulfonamides is 1. The zero-order valence-electron chi connectivity index (χ0n) is 15.8. The van der Waals surface area contributed by atoms with Gasteiger partial charge in [0.15, 0.2) is 5.78 Å². The zero-order chi connectivity index (χ0) is 20.0. The summed E-state index contributed by atoms with van der Waals surface area (Å²) in [6.07, 6.45) is 2.79. The van der Waals surface area contributed by atoms with Crippen LogP contribution in [0, 0.1) is 0 Å². The van der Waals surface area contributed by atoms with E-state index in [0.717, 1.165) is 13.1 Å². The fourth-order valence-corrected chi connectivity index (χ4v) is 4.92. The van der Waals surface area contributed by atoms with Gasteiger partial charge < -0.3 is 9.47 Å². The minimum atomic E-state index is -3.59. The van der Waals surface area contributed by atoms with Gasteiger partial charge in [0, 0.05) is 51.4 Å². The fourth-order valence-electron chi connectivity index (χ4n) is 3.31. The van der Waals surface area contributed by atoms with Crippen LogP contribution in [-0.2, 0) is 19.6 Å². The fraction of sp³-hybridized carbons (Fsp3) is 0.667. The number of hydrogen-bond acceptors (Lipinski definition) is 7. The van der Waals surface area contributed by atoms with E-state index in [9.17, 15) is 13.2 Å². The van der Waals surface area contributed by atoms with Gasteiger partial charge in [-0.3, -0.25) is 9.69 Å². The molecule has 1 aromatic heterocycles. The summed E-state index contributed by atoms with van der Waals surface area (Å²) < 4.78 is 37.6. The second-order valence-electron chi connectivity index (χ2n) is 7.03. The average molecular weight is 432 g/mol. The van der Waals surface area contributed by atoms with Crippen LogP contribution >= 0.6 is 11.6 Å². The second kappa shape index (κ2) is 9.98. The van der Waals surface area contributed by atoms with Crippen LogP contribution < -0.4 is 4.74 Å². The Labute approximate surface area is 170 Å². The maximum atomic E-state index is 12.6. The third kappa shape index (κ3) is 6.38. The van der Waals surface area contributed by atoms with Gasteiger partial charge in [-0.1, -0.05) is 11.6 Å². The Kier molecular flexibility index (Phi) is 7.64. The van der Waals surface area contributed by atoms with Crippen molar-refractivity contribution in [1.82, 2.24) is 14.2 Å². The number of hydrogen-bond donors (Lipinski definition) is 0. The monoisotopic (exact) mass is 431 g/mol. The number of morpholine rings is 1. The van der Waals surface area contributed by atoms with Crippen LogP contribution in [0.5, 0.6) is 5.88 Å². The van der Waals surface area contributed by atoms with E-state index in [-0.39, 0.29) is 18.3 Å². The standard InChI is InChI=1S/C18H26ClN3O5S/c19-15-1-2-18(20-13-15)27-17-4-7-22(8-5-17)28(24,25)14-16(23)3-6-21-9-11-26-12-10-21/h1-2,13,17H,3-12,14H2. The average Bonchev–Trinajstić information content (AvgIpc) is 2.69. The van der Waals surface area contributed by atoms with Crippen molar-refractivity contribution in [2.24, 2.45) is 0 Å². The molecule has 0 aliphatic carbocycles. The molecule has 28 heavy (non-hydrogen) atoms. The predicted molar refractivity (Wildman–Crippen MR) is 105 cm³/mol. The molecule has 8 nitrogen and oxygen atoms in total. The third-order valence-corrected chi connectivity index (χ3v) is 7.00. The van der Waals surface area contributed by atoms with Gasteiger partial charge in [0.05, 0.1) is 18.2 Å². The molecule has 0 atom stereocenters. The Morgan fingerprint density at radius 3 is 2.57 bits per heavy atom. The number of nitrogens with zero attached hydrogens (tertiary/aromatic N) is 3. The summed E-state index contributed by atoms with van der Waals surface area (Å²) in [5.41, 5.74) is 0. The summed E-state index contributed by atoms with van der Waals surface area (Å²) in [4.78, 5) is 18.4. The number of piperidine rings is 1. The molecule has 10 heteroatoms. The Bertz CT molecular complexity index is 745. The van der Waals surface area contributed by atoms with E-state index in [0.29, 0.717) is 56.6 Å². The minimum absolute atomic E-state index is 0.0999. The number of carbonyl (C=O) groups is 1.